The number of nitrogens with zero attached hydrogens (tertiary/aromatic N) is 2. The summed E-state index contributed by atoms with van der Waals surface area (Å²) in [5.41, 5.74) is 1.92. The number of carbonyl (C=O) groups excluding carboxylic acids is 1. The molecule has 0 saturated carbocycles. The number of aromatic nitrogens is 1. The molecule has 2 bridgehead atoms. The van der Waals surface area contributed by atoms with E-state index >= 15 is 0 Å². The van der Waals surface area contributed by atoms with Crippen LogP contribution in [0.5, 0.6) is 0 Å². The van der Waals surface area contributed by atoms with Crippen LogP contribution in [0.3, 0.4) is 0 Å². The average Bonchev–Trinajstić information content (AvgIpc) is 3.40. The number of pyridine rings is 1. The number of rotatable bonds is 4. The van der Waals surface area contributed by atoms with Crippen molar-refractivity contribution in [1.82, 2.24) is 10.3 Å². The maximum Gasteiger partial charge on any atom is 0.252 e. The number of hydrogen-bond donors (Lipinski definition) is 1. The largest absolute Gasteiger partial charge is 0.369 e. The van der Waals surface area contributed by atoms with Crippen LogP contribution in [-0.4, -0.2) is 42.2 Å². The number of anilines is 1. The normalized spacial score (nSPS) is 32.0. The lowest BCUT2D eigenvalue weighted by atomic mass is 9.73. The summed E-state index contributed by atoms with van der Waals surface area (Å²) >= 11 is 1.55. The predicted molar refractivity (Wildman–Crippen MR) is 102 cm³/mol. The van der Waals surface area contributed by atoms with Crippen molar-refractivity contribution in [3.8, 4) is 0 Å². The molecule has 3 aliphatic heterocycles. The highest BCUT2D eigenvalue weighted by molar-refractivity contribution is 7.08. The maximum atomic E-state index is 12.3. The Bertz CT molecular complexity index is 824. The monoisotopic (exact) mass is 369 g/mol. The van der Waals surface area contributed by atoms with Gasteiger partial charge >= 0.3 is 0 Å². The summed E-state index contributed by atoms with van der Waals surface area (Å²) in [7, 11) is 0. The lowest BCUT2D eigenvalue weighted by Gasteiger charge is -2.29. The molecule has 3 saturated heterocycles. The molecule has 5 rings (SSSR count). The summed E-state index contributed by atoms with van der Waals surface area (Å²) in [6.45, 7) is 4.69. The van der Waals surface area contributed by atoms with E-state index in [-0.39, 0.29) is 17.6 Å². The summed E-state index contributed by atoms with van der Waals surface area (Å²) in [4.78, 5) is 19.3. The zero-order chi connectivity index (χ0) is 17.7. The van der Waals surface area contributed by atoms with Crippen LogP contribution in [0.4, 0.5) is 5.82 Å². The van der Waals surface area contributed by atoms with Gasteiger partial charge in [0.15, 0.2) is 0 Å². The fourth-order valence-corrected chi connectivity index (χ4v) is 5.78. The lowest BCUT2D eigenvalue weighted by Crippen LogP contribution is -2.41. The highest BCUT2D eigenvalue weighted by Gasteiger charge is 2.63. The molecule has 2 aromatic rings. The molecular weight excluding hydrogens is 346 g/mol. The van der Waals surface area contributed by atoms with Gasteiger partial charge in [-0.25, -0.2) is 4.98 Å². The Morgan fingerprint density at radius 2 is 2.42 bits per heavy atom. The van der Waals surface area contributed by atoms with Crippen molar-refractivity contribution in [1.29, 1.82) is 0 Å². The van der Waals surface area contributed by atoms with Gasteiger partial charge in [-0.05, 0) is 42.8 Å². The van der Waals surface area contributed by atoms with E-state index in [4.69, 9.17) is 4.74 Å². The third kappa shape index (κ3) is 2.47. The van der Waals surface area contributed by atoms with Crippen LogP contribution in [0.15, 0.2) is 35.2 Å². The van der Waals surface area contributed by atoms with Gasteiger partial charge in [0.05, 0.1) is 11.7 Å². The van der Waals surface area contributed by atoms with E-state index in [2.05, 4.69) is 28.2 Å². The molecule has 2 aromatic heterocycles. The van der Waals surface area contributed by atoms with E-state index in [0.717, 1.165) is 37.3 Å². The van der Waals surface area contributed by atoms with Crippen molar-refractivity contribution in [2.45, 2.75) is 31.5 Å². The highest BCUT2D eigenvalue weighted by Crippen LogP contribution is 2.55. The fourth-order valence-electron chi connectivity index (χ4n) is 5.14. The summed E-state index contributed by atoms with van der Waals surface area (Å²) in [6, 6.07) is 5.98. The molecular formula is C20H23N3O2S. The van der Waals surface area contributed by atoms with Crippen LogP contribution in [0.1, 0.15) is 28.8 Å². The van der Waals surface area contributed by atoms with E-state index in [1.807, 2.05) is 29.1 Å². The van der Waals surface area contributed by atoms with Crippen LogP contribution in [0, 0.1) is 18.8 Å². The van der Waals surface area contributed by atoms with Crippen LogP contribution in [-0.2, 0) is 4.74 Å². The molecule has 0 unspecified atom stereocenters. The molecule has 1 N–H and O–H groups in total. The Morgan fingerprint density at radius 3 is 3.23 bits per heavy atom. The topological polar surface area (TPSA) is 54.5 Å². The number of carbonyl (C=O) groups is 1. The second-order valence-corrected chi connectivity index (χ2v) is 8.56. The maximum absolute atomic E-state index is 12.3. The molecule has 136 valence electrons. The van der Waals surface area contributed by atoms with Gasteiger partial charge in [-0.1, -0.05) is 6.07 Å². The molecule has 26 heavy (non-hydrogen) atoms. The first-order valence-electron chi connectivity index (χ1n) is 9.31. The minimum absolute atomic E-state index is 0.0264. The van der Waals surface area contributed by atoms with Crippen molar-refractivity contribution in [2.24, 2.45) is 11.8 Å². The van der Waals surface area contributed by atoms with Gasteiger partial charge in [-0.15, -0.1) is 0 Å². The van der Waals surface area contributed by atoms with E-state index in [0.29, 0.717) is 18.4 Å². The molecule has 4 atom stereocenters. The minimum atomic E-state index is -0.0492. The van der Waals surface area contributed by atoms with E-state index in [1.165, 1.54) is 5.56 Å². The number of amides is 1. The minimum Gasteiger partial charge on any atom is -0.369 e. The van der Waals surface area contributed by atoms with E-state index in [9.17, 15) is 4.79 Å². The van der Waals surface area contributed by atoms with Crippen LogP contribution < -0.4 is 10.2 Å². The molecule has 6 heteroatoms. The molecule has 5 nitrogen and oxygen atoms in total. The first-order valence-corrected chi connectivity index (χ1v) is 10.3. The third-order valence-corrected chi connectivity index (χ3v) is 7.03. The molecule has 0 aromatic carbocycles. The first kappa shape index (κ1) is 16.3. The van der Waals surface area contributed by atoms with Crippen LogP contribution in [0.2, 0.25) is 0 Å². The lowest BCUT2D eigenvalue weighted by molar-refractivity contribution is 0.0141. The standard InChI is InChI=1S/C20H23N3O2S/c1-13-3-2-7-21-18(13)23-10-16-15(17-4-6-20(16,12-23)25-17)9-22-19(24)14-5-8-26-11-14/h2-3,5,7-8,11,15-17H,4,6,9-10,12H2,1H3,(H,22,24)/t15-,16+,17+,20+/m0/s1. The number of fused-ring (bicyclic) bond motifs is 1. The summed E-state index contributed by atoms with van der Waals surface area (Å²) in [5.74, 6) is 1.95. The van der Waals surface area contributed by atoms with Gasteiger partial charge in [-0.2, -0.15) is 11.3 Å². The van der Waals surface area contributed by atoms with Crippen molar-refractivity contribution in [2.75, 3.05) is 24.5 Å². The molecule has 3 fully saturated rings. The van der Waals surface area contributed by atoms with Gasteiger partial charge in [0.2, 0.25) is 0 Å². The SMILES string of the molecule is Cc1cccnc1N1C[C@@H]2[C@H](CNC(=O)c3ccsc3)[C@H]3CC[C@]2(C1)O3. The Morgan fingerprint density at radius 1 is 1.50 bits per heavy atom. The first-order chi connectivity index (χ1) is 12.7. The fraction of sp³-hybridized carbons (Fsp3) is 0.500. The molecule has 5 heterocycles. The number of hydrogen-bond acceptors (Lipinski definition) is 5. The molecule has 3 aliphatic rings. The number of ether oxygens (including phenoxy) is 1. The third-order valence-electron chi connectivity index (χ3n) is 6.35. The zero-order valence-electron chi connectivity index (χ0n) is 14.9. The highest BCUT2D eigenvalue weighted by atomic mass is 32.1. The summed E-state index contributed by atoms with van der Waals surface area (Å²) < 4.78 is 6.49. The zero-order valence-corrected chi connectivity index (χ0v) is 15.7. The van der Waals surface area contributed by atoms with Crippen LogP contribution in [0.25, 0.3) is 0 Å². The van der Waals surface area contributed by atoms with Crippen molar-refractivity contribution in [3.63, 3.8) is 0 Å². The Kier molecular flexibility index (Phi) is 3.79. The number of thiophene rings is 1. The molecule has 0 aliphatic carbocycles. The quantitative estimate of drug-likeness (QED) is 0.900. The second-order valence-electron chi connectivity index (χ2n) is 7.78. The van der Waals surface area contributed by atoms with Gasteiger partial charge < -0.3 is 15.0 Å². The van der Waals surface area contributed by atoms with E-state index < -0.39 is 0 Å². The van der Waals surface area contributed by atoms with E-state index in [1.54, 1.807) is 11.3 Å². The van der Waals surface area contributed by atoms with Crippen molar-refractivity contribution >= 4 is 23.1 Å². The van der Waals surface area contributed by atoms with Crippen molar-refractivity contribution in [3.05, 3.63) is 46.3 Å². The summed E-state index contributed by atoms with van der Waals surface area (Å²) in [6.07, 6.45) is 4.38. The number of aryl methyl sites for hydroxylation is 1. The average molecular weight is 369 g/mol. The molecule has 1 amide bonds. The number of nitrogens with one attached hydrogen (secondary N) is 1. The van der Waals surface area contributed by atoms with Gasteiger partial charge in [0, 0.05) is 48.6 Å². The van der Waals surface area contributed by atoms with Crippen molar-refractivity contribution < 1.29 is 9.53 Å². The van der Waals surface area contributed by atoms with Crippen LogP contribution >= 0.6 is 11.3 Å². The van der Waals surface area contributed by atoms with Gasteiger partial charge in [-0.3, -0.25) is 4.79 Å². The van der Waals surface area contributed by atoms with Gasteiger partial charge in [0.25, 0.3) is 5.91 Å². The van der Waals surface area contributed by atoms with Gasteiger partial charge in [0.1, 0.15) is 5.82 Å². The molecule has 1 spiro atoms. The Hall–Kier alpha value is -1.92. The summed E-state index contributed by atoms with van der Waals surface area (Å²) in [5, 5.41) is 6.98. The Labute approximate surface area is 157 Å². The Balaban J connectivity index is 1.32. The smallest absolute Gasteiger partial charge is 0.252 e. The predicted octanol–water partition coefficient (Wildman–Crippen LogP) is 2.87. The molecule has 0 radical (unpaired) electrons. The second kappa shape index (κ2) is 6.06.